The number of amides is 1. The number of aromatic amines is 1. The molecule has 0 aliphatic carbocycles. The van der Waals surface area contributed by atoms with E-state index in [1.54, 1.807) is 11.3 Å². The van der Waals surface area contributed by atoms with Gasteiger partial charge in [0.25, 0.3) is 0 Å². The van der Waals surface area contributed by atoms with E-state index >= 15 is 0 Å². The smallest absolute Gasteiger partial charge is 0.222 e. The molecule has 5 rings (SSSR count). The van der Waals surface area contributed by atoms with Crippen molar-refractivity contribution in [3.63, 3.8) is 0 Å². The zero-order valence-electron chi connectivity index (χ0n) is 20.4. The van der Waals surface area contributed by atoms with E-state index in [2.05, 4.69) is 52.5 Å². The first-order valence-corrected chi connectivity index (χ1v) is 13.4. The number of hydrogen-bond acceptors (Lipinski definition) is 6. The lowest BCUT2D eigenvalue weighted by Crippen LogP contribution is -2.35. The molecule has 184 valence electrons. The van der Waals surface area contributed by atoms with Crippen molar-refractivity contribution in [2.24, 2.45) is 10.9 Å². The molecule has 0 saturated carbocycles. The van der Waals surface area contributed by atoms with Crippen LogP contribution in [-0.2, 0) is 4.79 Å². The van der Waals surface area contributed by atoms with Gasteiger partial charge in [0.2, 0.25) is 5.91 Å². The number of aliphatic hydroxyl groups excluding tert-OH is 1. The molecule has 7 nitrogen and oxygen atoms in total. The predicted octanol–water partition coefficient (Wildman–Crippen LogP) is 3.67. The number of nitrogens with one attached hydrogen (secondary N) is 2. The van der Waals surface area contributed by atoms with Crippen LogP contribution in [0, 0.1) is 5.92 Å². The predicted molar refractivity (Wildman–Crippen MR) is 142 cm³/mol. The second-order valence-electron chi connectivity index (χ2n) is 9.53. The molecule has 1 amide bonds. The molecule has 3 aromatic rings. The van der Waals surface area contributed by atoms with Crippen LogP contribution >= 0.6 is 11.3 Å². The number of nitrogens with zero attached hydrogens (tertiary/aromatic N) is 3. The minimum Gasteiger partial charge on any atom is -0.393 e. The van der Waals surface area contributed by atoms with Crippen LogP contribution in [-0.4, -0.2) is 51.6 Å². The standard InChI is InChI=1S/C27H33N5O2S/c1-3-20(33)5-4-6-25(34)32-11-9-18(10-12-32)23-14-21-26(17(2)15-28-27(21)31-23)30-19-7-8-22-24(13-19)35-16-29-22/h7-9,13-14,16-17,20,30,33H,3-6,10-12,15H2,1-2H3,(H,28,31)/t17?,20-/m1/s1. The summed E-state index contributed by atoms with van der Waals surface area (Å²) in [5.41, 5.74) is 8.40. The summed E-state index contributed by atoms with van der Waals surface area (Å²) < 4.78 is 1.17. The Morgan fingerprint density at radius 1 is 1.37 bits per heavy atom. The van der Waals surface area contributed by atoms with Crippen molar-refractivity contribution in [1.82, 2.24) is 14.9 Å². The number of thiazole rings is 1. The number of aromatic nitrogens is 2. The Hall–Kier alpha value is -2.97. The summed E-state index contributed by atoms with van der Waals surface area (Å²) in [6.07, 6.45) is 5.37. The Morgan fingerprint density at radius 3 is 3.06 bits per heavy atom. The molecule has 0 saturated heterocycles. The van der Waals surface area contributed by atoms with Gasteiger partial charge in [-0.1, -0.05) is 19.9 Å². The van der Waals surface area contributed by atoms with Gasteiger partial charge in [-0.3, -0.25) is 9.79 Å². The SMILES string of the molecule is CC[C@@H](O)CCCC(=O)N1CC=C(c2cc3c([nH]2)=NCC(C)C=3Nc2ccc3ncsc3c2)CC1. The highest BCUT2D eigenvalue weighted by molar-refractivity contribution is 7.16. The van der Waals surface area contributed by atoms with Crippen LogP contribution < -0.4 is 16.0 Å². The number of benzene rings is 1. The first-order valence-electron chi connectivity index (χ1n) is 12.5. The fraction of sp³-hybridized carbons (Fsp3) is 0.444. The van der Waals surface area contributed by atoms with Crippen molar-refractivity contribution < 1.29 is 9.90 Å². The molecular formula is C27H33N5O2S. The lowest BCUT2D eigenvalue weighted by atomic mass is 10.0. The average Bonchev–Trinajstić information content (AvgIpc) is 3.52. The van der Waals surface area contributed by atoms with Crippen LogP contribution in [0.25, 0.3) is 21.5 Å². The van der Waals surface area contributed by atoms with Gasteiger partial charge in [-0.2, -0.15) is 0 Å². The molecule has 2 atom stereocenters. The summed E-state index contributed by atoms with van der Waals surface area (Å²) >= 11 is 1.65. The summed E-state index contributed by atoms with van der Waals surface area (Å²) in [6.45, 7) is 6.27. The number of aliphatic hydroxyl groups is 1. The Kier molecular flexibility index (Phi) is 7.02. The highest BCUT2D eigenvalue weighted by Crippen LogP contribution is 2.25. The summed E-state index contributed by atoms with van der Waals surface area (Å²) in [5, 5.41) is 14.5. The summed E-state index contributed by atoms with van der Waals surface area (Å²) in [7, 11) is 0. The van der Waals surface area contributed by atoms with Crippen molar-refractivity contribution in [3.8, 4) is 0 Å². The number of carbonyl (C=O) groups excluding carboxylic acids is 1. The maximum atomic E-state index is 12.6. The van der Waals surface area contributed by atoms with Crippen molar-refractivity contribution in [1.29, 1.82) is 0 Å². The molecule has 0 fully saturated rings. The largest absolute Gasteiger partial charge is 0.393 e. The maximum Gasteiger partial charge on any atom is 0.222 e. The Bertz CT molecular complexity index is 1370. The van der Waals surface area contributed by atoms with E-state index in [-0.39, 0.29) is 12.0 Å². The first kappa shape index (κ1) is 23.8. The van der Waals surface area contributed by atoms with Crippen molar-refractivity contribution in [3.05, 3.63) is 52.3 Å². The first-order chi connectivity index (χ1) is 17.0. The van der Waals surface area contributed by atoms with E-state index < -0.39 is 0 Å². The fourth-order valence-corrected chi connectivity index (χ4v) is 5.52. The van der Waals surface area contributed by atoms with Crippen LogP contribution in [0.15, 0.2) is 40.8 Å². The molecule has 2 aliphatic heterocycles. The van der Waals surface area contributed by atoms with Crippen molar-refractivity contribution in [2.45, 2.75) is 52.1 Å². The second-order valence-corrected chi connectivity index (χ2v) is 10.4. The molecule has 0 spiro atoms. The normalized spacial score (nSPS) is 18.7. The number of rotatable bonds is 8. The van der Waals surface area contributed by atoms with Gasteiger partial charge in [0.15, 0.2) is 0 Å². The molecule has 1 aromatic carbocycles. The summed E-state index contributed by atoms with van der Waals surface area (Å²) in [4.78, 5) is 27.2. The van der Waals surface area contributed by atoms with E-state index in [0.29, 0.717) is 25.3 Å². The van der Waals surface area contributed by atoms with Crippen LogP contribution in [0.2, 0.25) is 0 Å². The third kappa shape index (κ3) is 5.18. The molecule has 0 radical (unpaired) electrons. The molecule has 3 N–H and O–H groups in total. The Morgan fingerprint density at radius 2 is 2.26 bits per heavy atom. The summed E-state index contributed by atoms with van der Waals surface area (Å²) in [5.74, 6) is 0.471. The number of H-pyrrole nitrogens is 1. The van der Waals surface area contributed by atoms with Crippen molar-refractivity contribution in [2.75, 3.05) is 25.0 Å². The number of fused-ring (bicyclic) bond motifs is 2. The van der Waals surface area contributed by atoms with E-state index in [0.717, 1.165) is 60.0 Å². The number of hydrogen-bond donors (Lipinski definition) is 3. The molecule has 2 aliphatic rings. The minimum atomic E-state index is -0.297. The van der Waals surface area contributed by atoms with Crippen LogP contribution in [0.5, 0.6) is 0 Å². The minimum absolute atomic E-state index is 0.177. The second kappa shape index (κ2) is 10.3. The Labute approximate surface area is 209 Å². The molecule has 4 heterocycles. The van der Waals surface area contributed by atoms with Gasteiger partial charge >= 0.3 is 0 Å². The summed E-state index contributed by atoms with van der Waals surface area (Å²) in [6, 6.07) is 8.50. The van der Waals surface area contributed by atoms with Gasteiger partial charge in [-0.25, -0.2) is 4.98 Å². The van der Waals surface area contributed by atoms with Gasteiger partial charge in [-0.05, 0) is 55.5 Å². The van der Waals surface area contributed by atoms with Gasteiger partial charge in [0, 0.05) is 54.3 Å². The lowest BCUT2D eigenvalue weighted by Gasteiger charge is -2.26. The highest BCUT2D eigenvalue weighted by atomic mass is 32.1. The molecule has 8 heteroatoms. The third-order valence-corrected chi connectivity index (χ3v) is 7.81. The fourth-order valence-electron chi connectivity index (χ4n) is 4.80. The van der Waals surface area contributed by atoms with E-state index in [1.165, 1.54) is 16.0 Å². The topological polar surface area (TPSA) is 93.6 Å². The van der Waals surface area contributed by atoms with Gasteiger partial charge in [0.05, 0.1) is 21.8 Å². The third-order valence-electron chi connectivity index (χ3n) is 7.02. The van der Waals surface area contributed by atoms with Gasteiger partial charge in [-0.15, -0.1) is 11.3 Å². The highest BCUT2D eigenvalue weighted by Gasteiger charge is 2.21. The van der Waals surface area contributed by atoms with Crippen LogP contribution in [0.4, 0.5) is 5.69 Å². The maximum absolute atomic E-state index is 12.6. The quantitative estimate of drug-likeness (QED) is 0.448. The molecule has 0 bridgehead atoms. The van der Waals surface area contributed by atoms with Gasteiger partial charge in [0.1, 0.15) is 5.49 Å². The zero-order chi connectivity index (χ0) is 24.4. The molecule has 1 unspecified atom stereocenters. The van der Waals surface area contributed by atoms with E-state index in [1.807, 2.05) is 17.3 Å². The molecule has 2 aromatic heterocycles. The average molecular weight is 492 g/mol. The molecule has 35 heavy (non-hydrogen) atoms. The number of anilines is 1. The monoisotopic (exact) mass is 491 g/mol. The van der Waals surface area contributed by atoms with Crippen LogP contribution in [0.3, 0.4) is 0 Å². The Balaban J connectivity index is 1.32. The number of carbonyl (C=O) groups is 1. The molecular weight excluding hydrogens is 458 g/mol. The zero-order valence-corrected chi connectivity index (χ0v) is 21.2. The van der Waals surface area contributed by atoms with Crippen LogP contribution in [0.1, 0.15) is 51.6 Å². The van der Waals surface area contributed by atoms with Crippen molar-refractivity contribution >= 4 is 44.4 Å². The van der Waals surface area contributed by atoms with E-state index in [9.17, 15) is 9.90 Å². The van der Waals surface area contributed by atoms with Gasteiger partial charge < -0.3 is 20.3 Å². The lowest BCUT2D eigenvalue weighted by molar-refractivity contribution is -0.130. The van der Waals surface area contributed by atoms with E-state index in [4.69, 9.17) is 4.99 Å².